The summed E-state index contributed by atoms with van der Waals surface area (Å²) in [6.45, 7) is 0. The Kier molecular flexibility index (Phi) is 4.60. The summed E-state index contributed by atoms with van der Waals surface area (Å²) < 4.78 is 4.88. The van der Waals surface area contributed by atoms with Crippen LogP contribution in [0.3, 0.4) is 0 Å². The minimum Gasteiger partial charge on any atom is -0.506 e. The van der Waals surface area contributed by atoms with E-state index in [-0.39, 0.29) is 10.8 Å². The number of halogens is 2. The van der Waals surface area contributed by atoms with Crippen molar-refractivity contribution in [3.63, 3.8) is 0 Å². The van der Waals surface area contributed by atoms with Crippen LogP contribution in [0.1, 0.15) is 5.56 Å². The summed E-state index contributed by atoms with van der Waals surface area (Å²) in [6, 6.07) is 2.98. The Bertz CT molecular complexity index is 632. The summed E-state index contributed by atoms with van der Waals surface area (Å²) in [6.07, 6.45) is 4.28. The molecule has 1 aromatic heterocycles. The van der Waals surface area contributed by atoms with Gasteiger partial charge in [-0.1, -0.05) is 23.2 Å². The van der Waals surface area contributed by atoms with Gasteiger partial charge >= 0.3 is 0 Å². The number of hydrogen-bond acceptors (Lipinski definition) is 6. The fraction of sp³-hybridized carbons (Fsp3) is 0.0833. The second-order valence-corrected chi connectivity index (χ2v) is 4.48. The molecule has 0 aliphatic carbocycles. The van der Waals surface area contributed by atoms with E-state index in [2.05, 4.69) is 20.5 Å². The monoisotopic (exact) mass is 312 g/mol. The molecule has 0 unspecified atom stereocenters. The number of methoxy groups -OCH3 is 1. The maximum Gasteiger partial charge on any atom is 0.232 e. The van der Waals surface area contributed by atoms with E-state index in [1.807, 2.05) is 0 Å². The Morgan fingerprint density at radius 2 is 2.10 bits per heavy atom. The highest BCUT2D eigenvalue weighted by Gasteiger charge is 2.05. The molecule has 0 bridgehead atoms. The summed E-state index contributed by atoms with van der Waals surface area (Å²) in [5.41, 5.74) is 3.04. The summed E-state index contributed by atoms with van der Waals surface area (Å²) in [5.74, 6) is 0.732. The number of phenolic OH excluding ortho intramolecular Hbond substituents is 1. The molecule has 0 saturated carbocycles. The molecular weight excluding hydrogens is 303 g/mol. The van der Waals surface area contributed by atoms with Crippen molar-refractivity contribution in [3.8, 4) is 11.6 Å². The van der Waals surface area contributed by atoms with Crippen molar-refractivity contribution in [2.45, 2.75) is 0 Å². The molecule has 20 heavy (non-hydrogen) atoms. The van der Waals surface area contributed by atoms with Gasteiger partial charge in [0.25, 0.3) is 0 Å². The van der Waals surface area contributed by atoms with E-state index in [1.165, 1.54) is 37.9 Å². The zero-order valence-corrected chi connectivity index (χ0v) is 11.9. The SMILES string of the molecule is COc1cnc(NN=Cc2cc(Cl)cc(Cl)c2O)cn1. The Morgan fingerprint density at radius 3 is 2.75 bits per heavy atom. The standard InChI is InChI=1S/C12H10Cl2N4O2/c1-20-11-6-15-10(5-16-11)18-17-4-7-2-8(13)3-9(14)12(7)19/h2-6,19H,1H3,(H,15,18). The van der Waals surface area contributed by atoms with Crippen molar-refractivity contribution in [2.24, 2.45) is 5.10 Å². The molecule has 0 fully saturated rings. The van der Waals surface area contributed by atoms with Gasteiger partial charge < -0.3 is 9.84 Å². The minimum atomic E-state index is -0.0950. The van der Waals surface area contributed by atoms with Gasteiger partial charge in [0.05, 0.1) is 30.7 Å². The van der Waals surface area contributed by atoms with Crippen molar-refractivity contribution in [2.75, 3.05) is 12.5 Å². The first-order chi connectivity index (χ1) is 9.60. The van der Waals surface area contributed by atoms with Crippen molar-refractivity contribution in [1.29, 1.82) is 0 Å². The van der Waals surface area contributed by atoms with Crippen LogP contribution in [0.15, 0.2) is 29.6 Å². The molecule has 1 aromatic carbocycles. The summed E-state index contributed by atoms with van der Waals surface area (Å²) >= 11 is 11.6. The van der Waals surface area contributed by atoms with E-state index < -0.39 is 0 Å². The quantitative estimate of drug-likeness (QED) is 0.670. The lowest BCUT2D eigenvalue weighted by atomic mass is 10.2. The van der Waals surface area contributed by atoms with Crippen LogP contribution < -0.4 is 10.2 Å². The van der Waals surface area contributed by atoms with Gasteiger partial charge in [-0.05, 0) is 12.1 Å². The highest BCUT2D eigenvalue weighted by Crippen LogP contribution is 2.29. The topological polar surface area (TPSA) is 79.6 Å². The van der Waals surface area contributed by atoms with Gasteiger partial charge in [-0.15, -0.1) is 0 Å². The van der Waals surface area contributed by atoms with Crippen LogP contribution in [0.2, 0.25) is 10.0 Å². The van der Waals surface area contributed by atoms with Gasteiger partial charge in [0.2, 0.25) is 5.88 Å². The minimum absolute atomic E-state index is 0.0950. The van der Waals surface area contributed by atoms with Gasteiger partial charge in [-0.3, -0.25) is 5.43 Å². The number of aromatic nitrogens is 2. The van der Waals surface area contributed by atoms with Crippen LogP contribution in [0.5, 0.6) is 11.6 Å². The Labute approximate surface area is 125 Å². The zero-order valence-electron chi connectivity index (χ0n) is 10.3. The van der Waals surface area contributed by atoms with Gasteiger partial charge in [0.1, 0.15) is 5.75 Å². The number of hydrazone groups is 1. The van der Waals surface area contributed by atoms with Crippen molar-refractivity contribution in [3.05, 3.63) is 40.1 Å². The van der Waals surface area contributed by atoms with Crippen LogP contribution in [-0.2, 0) is 0 Å². The lowest BCUT2D eigenvalue weighted by Gasteiger charge is -2.03. The van der Waals surface area contributed by atoms with Crippen LogP contribution in [0.4, 0.5) is 5.82 Å². The van der Waals surface area contributed by atoms with E-state index in [0.717, 1.165) is 0 Å². The predicted octanol–water partition coefficient (Wildman–Crippen LogP) is 2.94. The smallest absolute Gasteiger partial charge is 0.232 e. The number of anilines is 1. The molecule has 2 rings (SSSR count). The lowest BCUT2D eigenvalue weighted by molar-refractivity contribution is 0.396. The highest BCUT2D eigenvalue weighted by molar-refractivity contribution is 6.36. The Balaban J connectivity index is 2.09. The zero-order chi connectivity index (χ0) is 14.5. The van der Waals surface area contributed by atoms with Gasteiger partial charge in [0.15, 0.2) is 5.82 Å². The normalized spacial score (nSPS) is 10.8. The molecule has 0 radical (unpaired) electrons. The molecule has 0 spiro atoms. The molecule has 0 atom stereocenters. The van der Waals surface area contributed by atoms with E-state index in [0.29, 0.717) is 22.3 Å². The number of ether oxygens (including phenoxy) is 1. The molecule has 1 heterocycles. The lowest BCUT2D eigenvalue weighted by Crippen LogP contribution is -1.96. The Morgan fingerprint density at radius 1 is 1.30 bits per heavy atom. The number of aromatic hydroxyl groups is 1. The van der Waals surface area contributed by atoms with Crippen LogP contribution >= 0.6 is 23.2 Å². The fourth-order valence-electron chi connectivity index (χ4n) is 1.33. The molecule has 2 N–H and O–H groups in total. The molecule has 0 amide bonds. The van der Waals surface area contributed by atoms with Gasteiger partial charge in [-0.2, -0.15) is 5.10 Å². The number of hydrogen-bond donors (Lipinski definition) is 2. The molecule has 0 aliphatic heterocycles. The van der Waals surface area contributed by atoms with E-state index in [9.17, 15) is 5.11 Å². The average Bonchev–Trinajstić information content (AvgIpc) is 2.44. The molecule has 6 nitrogen and oxygen atoms in total. The second-order valence-electron chi connectivity index (χ2n) is 3.64. The number of benzene rings is 1. The fourth-order valence-corrected chi connectivity index (χ4v) is 1.84. The third-order valence-corrected chi connectivity index (χ3v) is 2.78. The maximum absolute atomic E-state index is 9.73. The van der Waals surface area contributed by atoms with Gasteiger partial charge in [0, 0.05) is 10.6 Å². The summed E-state index contributed by atoms with van der Waals surface area (Å²) in [4.78, 5) is 7.97. The molecule has 8 heteroatoms. The average molecular weight is 313 g/mol. The maximum atomic E-state index is 9.73. The third-order valence-electron chi connectivity index (χ3n) is 2.28. The first-order valence-corrected chi connectivity index (χ1v) is 6.19. The first kappa shape index (κ1) is 14.4. The number of nitrogens with one attached hydrogen (secondary N) is 1. The number of phenols is 1. The first-order valence-electron chi connectivity index (χ1n) is 5.43. The van der Waals surface area contributed by atoms with Gasteiger partial charge in [-0.25, -0.2) is 9.97 Å². The second kappa shape index (κ2) is 6.40. The summed E-state index contributed by atoms with van der Waals surface area (Å²) in [7, 11) is 1.50. The molecule has 2 aromatic rings. The van der Waals surface area contributed by atoms with E-state index in [1.54, 1.807) is 0 Å². The van der Waals surface area contributed by atoms with Crippen LogP contribution in [0.25, 0.3) is 0 Å². The predicted molar refractivity (Wildman–Crippen MR) is 77.9 cm³/mol. The number of nitrogens with zero attached hydrogens (tertiary/aromatic N) is 3. The highest BCUT2D eigenvalue weighted by atomic mass is 35.5. The molecule has 0 aliphatic rings. The molecule has 0 saturated heterocycles. The number of rotatable bonds is 4. The van der Waals surface area contributed by atoms with E-state index >= 15 is 0 Å². The van der Waals surface area contributed by atoms with E-state index in [4.69, 9.17) is 27.9 Å². The van der Waals surface area contributed by atoms with Crippen molar-refractivity contribution in [1.82, 2.24) is 9.97 Å². The van der Waals surface area contributed by atoms with Crippen LogP contribution in [0, 0.1) is 0 Å². The summed E-state index contributed by atoms with van der Waals surface area (Å²) in [5, 5.41) is 14.2. The van der Waals surface area contributed by atoms with Crippen molar-refractivity contribution < 1.29 is 9.84 Å². The Hall–Kier alpha value is -2.05. The van der Waals surface area contributed by atoms with Crippen molar-refractivity contribution >= 4 is 35.2 Å². The third kappa shape index (κ3) is 3.49. The molecular formula is C12H10Cl2N4O2. The molecule has 104 valence electrons. The van der Waals surface area contributed by atoms with Crippen LogP contribution in [-0.4, -0.2) is 28.4 Å². The largest absolute Gasteiger partial charge is 0.506 e.